The van der Waals surface area contributed by atoms with Gasteiger partial charge in [-0.05, 0) is 66.3 Å². The average Bonchev–Trinajstić information content (AvgIpc) is 1.36. The summed E-state index contributed by atoms with van der Waals surface area (Å²) in [6.45, 7) is 13.0. The van der Waals surface area contributed by atoms with Gasteiger partial charge in [0.1, 0.15) is 24.7 Å². The number of rotatable bonds is 36. The molecule has 3 aromatic rings. The number of imide groups is 1. The molecule has 27 heteroatoms. The molecular weight excluding hydrogens is 1240 g/mol. The lowest BCUT2D eigenvalue weighted by Crippen LogP contribution is -2.60. The lowest BCUT2D eigenvalue weighted by molar-refractivity contribution is -0.148. The van der Waals surface area contributed by atoms with E-state index in [4.69, 9.17) is 14.2 Å². The molecule has 0 unspecified atom stereocenters. The highest BCUT2D eigenvalue weighted by Gasteiger charge is 2.44. The van der Waals surface area contributed by atoms with Crippen LogP contribution in [0.5, 0.6) is 0 Å². The molecule has 1 saturated heterocycles. The molecule has 0 aliphatic carbocycles. The molecule has 0 radical (unpaired) electrons. The summed E-state index contributed by atoms with van der Waals surface area (Å²) in [7, 11) is 6.06. The van der Waals surface area contributed by atoms with Crippen molar-refractivity contribution < 1.29 is 76.9 Å². The van der Waals surface area contributed by atoms with Crippen molar-refractivity contribution in [3.8, 4) is 0 Å². The van der Waals surface area contributed by atoms with Gasteiger partial charge in [0, 0.05) is 72.1 Å². The molecule has 1 fully saturated rings. The summed E-state index contributed by atoms with van der Waals surface area (Å²) in [6.07, 6.45) is 0.537. The van der Waals surface area contributed by atoms with Crippen LogP contribution in [0.2, 0.25) is 0 Å². The number of carbonyl (C=O) groups excluding carboxylic acids is 12. The Kier molecular flexibility index (Phi) is 30.6. The molecule has 2 aliphatic rings. The maximum absolute atomic E-state index is 14.8. The van der Waals surface area contributed by atoms with Crippen molar-refractivity contribution in [1.29, 1.82) is 0 Å². The highest BCUT2D eigenvalue weighted by molar-refractivity contribution is 6.13. The zero-order valence-electron chi connectivity index (χ0n) is 57.1. The summed E-state index contributed by atoms with van der Waals surface area (Å²) in [6, 6.07) is 19.1. The molecule has 0 bridgehead atoms. The van der Waals surface area contributed by atoms with Crippen LogP contribution in [0.4, 0.5) is 10.5 Å². The number of ether oxygens (including phenoxy) is 3. The molecule has 12 amide bonds. The maximum Gasteiger partial charge on any atom is 0.410 e. The van der Waals surface area contributed by atoms with Crippen LogP contribution in [0.25, 0.3) is 0 Å². The Morgan fingerprint density at radius 3 is 1.85 bits per heavy atom. The first-order chi connectivity index (χ1) is 45.6. The van der Waals surface area contributed by atoms with E-state index in [1.54, 1.807) is 125 Å². The monoisotopic (exact) mass is 1340 g/mol. The molecule has 2 heterocycles. The van der Waals surface area contributed by atoms with Crippen molar-refractivity contribution in [3.05, 3.63) is 114 Å². The van der Waals surface area contributed by atoms with E-state index in [0.29, 0.717) is 48.2 Å². The molecule has 2 aliphatic heterocycles. The number of carbonyl (C=O) groups is 12. The number of hydrogen-bond acceptors (Lipinski definition) is 16. The minimum Gasteiger partial charge on any atom is -0.445 e. The van der Waals surface area contributed by atoms with Crippen LogP contribution in [0.1, 0.15) is 110 Å². The zero-order valence-corrected chi connectivity index (χ0v) is 57.1. The fourth-order valence-corrected chi connectivity index (χ4v) is 11.8. The van der Waals surface area contributed by atoms with E-state index in [2.05, 4.69) is 37.2 Å². The van der Waals surface area contributed by atoms with E-state index in [-0.39, 0.29) is 50.1 Å². The summed E-state index contributed by atoms with van der Waals surface area (Å²) in [5.74, 6) is -7.81. The average molecular weight is 1340 g/mol. The van der Waals surface area contributed by atoms with Crippen LogP contribution in [0.3, 0.4) is 0 Å². The molecule has 11 atom stereocenters. The van der Waals surface area contributed by atoms with Gasteiger partial charge in [0.15, 0.2) is 0 Å². The van der Waals surface area contributed by atoms with Gasteiger partial charge in [-0.15, -0.1) is 0 Å². The van der Waals surface area contributed by atoms with Crippen molar-refractivity contribution >= 4 is 76.8 Å². The highest BCUT2D eigenvalue weighted by atomic mass is 16.6. The Labute approximate surface area is 561 Å². The Morgan fingerprint density at radius 2 is 1.26 bits per heavy atom. The van der Waals surface area contributed by atoms with E-state index in [1.165, 1.54) is 26.2 Å². The highest BCUT2D eigenvalue weighted by Crippen LogP contribution is 2.30. The van der Waals surface area contributed by atoms with E-state index < -0.39 is 151 Å². The number of nitrogens with one attached hydrogen (secondary N) is 7. The smallest absolute Gasteiger partial charge is 0.410 e. The summed E-state index contributed by atoms with van der Waals surface area (Å²) >= 11 is 0. The van der Waals surface area contributed by atoms with Gasteiger partial charge in [-0.2, -0.15) is 0 Å². The van der Waals surface area contributed by atoms with Gasteiger partial charge in [0.25, 0.3) is 11.8 Å². The van der Waals surface area contributed by atoms with Gasteiger partial charge >= 0.3 is 6.09 Å². The Balaban J connectivity index is 1.12. The van der Waals surface area contributed by atoms with E-state index in [1.807, 2.05) is 32.0 Å². The summed E-state index contributed by atoms with van der Waals surface area (Å²) < 4.78 is 17.7. The van der Waals surface area contributed by atoms with Crippen LogP contribution < -0.4 is 37.2 Å². The standard InChI is InChI=1S/C69H97N11O16/c1-13-43(6)62(52(94-11)36-59(87)79-33-20-25-51(79)64(95-12)44(7)65(89)73-45(8)63(88)48-23-18-15-19-24-48)77(9)68(92)60(41(2)3)76-67(91)61(42(4)5)78(10)69(93)96-40-47-26-28-49(29-27-47)74-55(83)39-72-66(90)50(35-46-21-16-14-17-22-46)75-56(84)38-71-54(82)37-70-53(81)32-34-80-57(85)30-31-58(80)86/h14-19,21-24,26-31,41-45,50-52,60-64,88H,13,20,25,32-40H2,1-12H3,(H,70,81)(H,71,82)(H,72,90)(H,73,89)(H,74,83)(H,75,84)(H,76,91)/t43-,44+,45+,50-,51-,52+,60-,61-,62-,63+,64+/m0/s1. The number of aliphatic hydroxyl groups is 1. The van der Waals surface area contributed by atoms with Gasteiger partial charge in [0.05, 0.1) is 68.4 Å². The Hall–Kier alpha value is -9.08. The molecule has 0 saturated carbocycles. The van der Waals surface area contributed by atoms with Gasteiger partial charge < -0.3 is 66.3 Å². The molecule has 0 spiro atoms. The fraction of sp³-hybridized carbons (Fsp3) is 0.536. The Bertz CT molecular complexity index is 3170. The number of nitrogens with zero attached hydrogens (tertiary/aromatic N) is 4. The number of anilines is 1. The second-order valence-corrected chi connectivity index (χ2v) is 25.1. The van der Waals surface area contributed by atoms with Crippen LogP contribution in [-0.4, -0.2) is 205 Å². The van der Waals surface area contributed by atoms with Gasteiger partial charge in [-0.3, -0.25) is 62.5 Å². The number of likely N-dealkylation sites (N-methyl/N-ethyl adjacent to an activating group) is 2. The lowest BCUT2D eigenvalue weighted by atomic mass is 9.89. The summed E-state index contributed by atoms with van der Waals surface area (Å²) in [5.41, 5.74) is 2.21. The van der Waals surface area contributed by atoms with Crippen molar-refractivity contribution in [2.75, 3.05) is 66.4 Å². The van der Waals surface area contributed by atoms with Gasteiger partial charge in [-0.1, -0.05) is 128 Å². The number of amides is 12. The minimum absolute atomic E-state index is 0.0316. The van der Waals surface area contributed by atoms with Crippen molar-refractivity contribution in [2.24, 2.45) is 23.7 Å². The quantitative estimate of drug-likeness (QED) is 0.0388. The second-order valence-electron chi connectivity index (χ2n) is 25.1. The van der Waals surface area contributed by atoms with Crippen LogP contribution in [0.15, 0.2) is 97.1 Å². The molecule has 27 nitrogen and oxygen atoms in total. The van der Waals surface area contributed by atoms with Crippen LogP contribution in [-0.2, 0) is 80.0 Å². The molecule has 524 valence electrons. The zero-order chi connectivity index (χ0) is 70.9. The summed E-state index contributed by atoms with van der Waals surface area (Å²) in [4.78, 5) is 164. The number of likely N-dealkylation sites (tertiary alicyclic amines) is 1. The third-order valence-corrected chi connectivity index (χ3v) is 17.4. The topological polar surface area (TPSA) is 350 Å². The molecular formula is C69H97N11O16. The first kappa shape index (κ1) is 77.6. The number of benzene rings is 3. The first-order valence-electron chi connectivity index (χ1n) is 32.5. The molecule has 96 heavy (non-hydrogen) atoms. The predicted octanol–water partition coefficient (Wildman–Crippen LogP) is 2.91. The molecule has 5 rings (SSSR count). The number of hydrogen-bond donors (Lipinski definition) is 8. The molecule has 0 aromatic heterocycles. The predicted molar refractivity (Wildman–Crippen MR) is 355 cm³/mol. The van der Waals surface area contributed by atoms with Crippen LogP contribution >= 0.6 is 0 Å². The van der Waals surface area contributed by atoms with Gasteiger partial charge in [0.2, 0.25) is 53.2 Å². The molecule has 3 aromatic carbocycles. The van der Waals surface area contributed by atoms with E-state index in [0.717, 1.165) is 17.1 Å². The number of methoxy groups -OCH3 is 2. The third-order valence-electron chi connectivity index (χ3n) is 17.4. The number of aliphatic hydroxyl groups excluding tert-OH is 1. The first-order valence-corrected chi connectivity index (χ1v) is 32.5. The summed E-state index contributed by atoms with van der Waals surface area (Å²) in [5, 5.41) is 29.3. The molecule has 8 N–H and O–H groups in total. The SMILES string of the molecule is CC[C@H](C)[C@@H]([C@@H](CC(=O)N1CCC[C@H]1[C@H](OC)[C@@H](C)C(=O)N[C@H](C)[C@@H](O)c1ccccc1)OC)N(C)C(=O)[C@@H](NC(=O)[C@H](C(C)C)N(C)C(=O)OCc1ccc(NC(=O)CNC(=O)[C@H](Cc2ccccc2)NC(=O)CNC(=O)CNC(=O)CCN2C(=O)C=CC2=O)cc1)C(C)C. The van der Waals surface area contributed by atoms with Gasteiger partial charge in [-0.25, -0.2) is 4.79 Å². The lowest BCUT2D eigenvalue weighted by Gasteiger charge is -2.41. The third kappa shape index (κ3) is 22.5. The Morgan fingerprint density at radius 1 is 0.656 bits per heavy atom. The largest absolute Gasteiger partial charge is 0.445 e. The fourth-order valence-electron chi connectivity index (χ4n) is 11.8. The van der Waals surface area contributed by atoms with E-state index >= 15 is 0 Å². The second kappa shape index (κ2) is 37.9. The maximum atomic E-state index is 14.8. The van der Waals surface area contributed by atoms with Crippen molar-refractivity contribution in [1.82, 2.24) is 51.5 Å². The normalized spacial score (nSPS) is 16.8. The minimum atomic E-state index is -1.17. The van der Waals surface area contributed by atoms with Crippen molar-refractivity contribution in [2.45, 2.75) is 155 Å². The van der Waals surface area contributed by atoms with E-state index in [9.17, 15) is 62.6 Å². The van der Waals surface area contributed by atoms with Crippen molar-refractivity contribution in [3.63, 3.8) is 0 Å². The van der Waals surface area contributed by atoms with Crippen LogP contribution in [0, 0.1) is 23.7 Å².